The molecule has 0 radical (unpaired) electrons. The molecule has 0 fully saturated rings. The molecule has 0 spiro atoms. The Labute approximate surface area is 158 Å². The van der Waals surface area contributed by atoms with Gasteiger partial charge in [-0.15, -0.1) is 0 Å². The molecular formula is C15H14N4O8S. The predicted octanol–water partition coefficient (Wildman–Crippen LogP) is 2.00. The number of nitro groups is 1. The van der Waals surface area contributed by atoms with Crippen molar-refractivity contribution in [3.8, 4) is 5.75 Å². The van der Waals surface area contributed by atoms with Gasteiger partial charge in [0, 0.05) is 12.8 Å². The number of non-ortho nitro benzene ring substituents is 1. The summed E-state index contributed by atoms with van der Waals surface area (Å²) in [6.45, 7) is 3.31. The average molecular weight is 410 g/mol. The normalized spacial score (nSPS) is 10.8. The van der Waals surface area contributed by atoms with E-state index in [9.17, 15) is 28.4 Å². The number of nitro benzene ring substituents is 1. The fraction of sp³-hybridized carbons (Fsp3) is 0.0667. The molecule has 2 rings (SSSR count). The molecule has 0 atom stereocenters. The minimum Gasteiger partial charge on any atom is -0.494 e. The zero-order chi connectivity index (χ0) is 21.1. The number of hydrazone groups is 1. The van der Waals surface area contributed by atoms with Crippen molar-refractivity contribution in [3.05, 3.63) is 52.1 Å². The van der Waals surface area contributed by atoms with Gasteiger partial charge in [-0.3, -0.25) is 20.1 Å². The summed E-state index contributed by atoms with van der Waals surface area (Å²) in [5.74, 6) is -1.43. The van der Waals surface area contributed by atoms with Crippen LogP contribution in [0.3, 0.4) is 0 Å². The summed E-state index contributed by atoms with van der Waals surface area (Å²) in [5, 5.41) is 24.8. The first-order valence-corrected chi connectivity index (χ1v) is 8.73. The lowest BCUT2D eigenvalue weighted by Crippen LogP contribution is -2.26. The summed E-state index contributed by atoms with van der Waals surface area (Å²) >= 11 is 0. The second-order valence-corrected chi connectivity index (χ2v) is 6.59. The van der Waals surface area contributed by atoms with Crippen LogP contribution in [0.25, 0.3) is 0 Å². The van der Waals surface area contributed by atoms with Gasteiger partial charge in [0.25, 0.3) is 15.8 Å². The summed E-state index contributed by atoms with van der Waals surface area (Å²) in [5.41, 5.74) is 2.00. The smallest absolute Gasteiger partial charge is 0.338 e. The van der Waals surface area contributed by atoms with Crippen LogP contribution in [0.1, 0.15) is 10.4 Å². The van der Waals surface area contributed by atoms with Crippen molar-refractivity contribution in [2.45, 2.75) is 4.90 Å². The molecular weight excluding hydrogens is 396 g/mol. The largest absolute Gasteiger partial charge is 0.494 e. The first-order chi connectivity index (χ1) is 13.1. The van der Waals surface area contributed by atoms with Gasteiger partial charge in [-0.2, -0.15) is 18.6 Å². The van der Waals surface area contributed by atoms with Crippen LogP contribution in [0.2, 0.25) is 0 Å². The molecule has 0 saturated carbocycles. The van der Waals surface area contributed by atoms with Crippen molar-refractivity contribution in [2.75, 3.05) is 17.7 Å². The number of carboxylic acids is 1. The fourth-order valence-corrected chi connectivity index (χ4v) is 2.71. The molecule has 2 aromatic rings. The van der Waals surface area contributed by atoms with E-state index >= 15 is 0 Å². The summed E-state index contributed by atoms with van der Waals surface area (Å²) in [6, 6.07) is 6.45. The molecule has 0 bridgehead atoms. The van der Waals surface area contributed by atoms with E-state index in [-0.39, 0.29) is 22.8 Å². The maximum atomic E-state index is 11.5. The van der Waals surface area contributed by atoms with Gasteiger partial charge in [0.05, 0.1) is 39.9 Å². The summed E-state index contributed by atoms with van der Waals surface area (Å²) < 4.78 is 36.7. The van der Waals surface area contributed by atoms with Crippen LogP contribution in [0.15, 0.2) is 46.4 Å². The Morgan fingerprint density at radius 2 is 2.00 bits per heavy atom. The quantitative estimate of drug-likeness (QED) is 0.253. The molecule has 0 unspecified atom stereocenters. The number of benzene rings is 2. The van der Waals surface area contributed by atoms with Crippen LogP contribution < -0.4 is 15.3 Å². The van der Waals surface area contributed by atoms with Crippen molar-refractivity contribution < 1.29 is 32.5 Å². The number of nitrogens with one attached hydrogen (secondary N) is 1. The highest BCUT2D eigenvalue weighted by atomic mass is 32.2. The summed E-state index contributed by atoms with van der Waals surface area (Å²) in [4.78, 5) is 21.2. The number of carbonyl (C=O) groups is 1. The highest BCUT2D eigenvalue weighted by Gasteiger charge is 2.21. The number of carboxylic acid groups (broad SMARTS) is 1. The summed E-state index contributed by atoms with van der Waals surface area (Å²) in [7, 11) is -3.35. The number of hydrogen-bond donors (Lipinski definition) is 3. The maximum Gasteiger partial charge on any atom is 0.338 e. The fourth-order valence-electron chi connectivity index (χ4n) is 2.20. The van der Waals surface area contributed by atoms with Crippen molar-refractivity contribution in [2.24, 2.45) is 5.10 Å². The Morgan fingerprint density at radius 1 is 1.32 bits per heavy atom. The van der Waals surface area contributed by atoms with Gasteiger partial charge < -0.3 is 9.84 Å². The molecule has 2 aromatic carbocycles. The molecule has 28 heavy (non-hydrogen) atoms. The standard InChI is InChI=1S/C15H14N4O8S/c1-16-18(17-12-5-3-9(19(22)23)7-14(12)27-2)13-6-4-10(28(24,25)26)8-11(13)15(20)21/h3-8,17H,1H2,2H3,(H,20,21)(H,24,25,26). The van der Waals surface area contributed by atoms with Crippen molar-refractivity contribution in [3.63, 3.8) is 0 Å². The molecule has 13 heteroatoms. The number of rotatable bonds is 8. The van der Waals surface area contributed by atoms with E-state index in [1.54, 1.807) is 0 Å². The van der Waals surface area contributed by atoms with Gasteiger partial charge in [0.2, 0.25) is 0 Å². The molecule has 148 valence electrons. The number of ether oxygens (including phenoxy) is 1. The maximum absolute atomic E-state index is 11.5. The number of hydrazine groups is 1. The molecule has 0 saturated heterocycles. The summed E-state index contributed by atoms with van der Waals surface area (Å²) in [6.07, 6.45) is 0. The number of nitrogens with zero attached hydrogens (tertiary/aromatic N) is 3. The topological polar surface area (TPSA) is 172 Å². The van der Waals surface area contributed by atoms with Gasteiger partial charge in [0.15, 0.2) is 5.75 Å². The highest BCUT2D eigenvalue weighted by molar-refractivity contribution is 7.85. The van der Waals surface area contributed by atoms with Gasteiger partial charge in [-0.1, -0.05) is 0 Å². The molecule has 0 heterocycles. The average Bonchev–Trinajstić information content (AvgIpc) is 2.64. The number of anilines is 2. The van der Waals surface area contributed by atoms with Crippen molar-refractivity contribution >= 4 is 39.9 Å². The lowest BCUT2D eigenvalue weighted by Gasteiger charge is -2.23. The van der Waals surface area contributed by atoms with Crippen LogP contribution in [0.5, 0.6) is 5.75 Å². The SMILES string of the molecule is C=NN(Nc1ccc([N+](=O)[O-])cc1OC)c1ccc(S(=O)(=O)O)cc1C(=O)O. The zero-order valence-corrected chi connectivity index (χ0v) is 15.1. The zero-order valence-electron chi connectivity index (χ0n) is 14.3. The Bertz CT molecular complexity index is 1050. The third-order valence-electron chi connectivity index (χ3n) is 3.49. The molecule has 3 N–H and O–H groups in total. The number of methoxy groups -OCH3 is 1. The minimum absolute atomic E-state index is 0.0641. The Hall–Kier alpha value is -3.71. The third kappa shape index (κ3) is 4.33. The first kappa shape index (κ1) is 20.6. The van der Waals surface area contributed by atoms with Gasteiger partial charge in [0.1, 0.15) is 0 Å². The lowest BCUT2D eigenvalue weighted by molar-refractivity contribution is -0.384. The first-order valence-electron chi connectivity index (χ1n) is 7.29. The predicted molar refractivity (Wildman–Crippen MR) is 98.5 cm³/mol. The van der Waals surface area contributed by atoms with E-state index in [0.29, 0.717) is 0 Å². The van der Waals surface area contributed by atoms with Crippen molar-refractivity contribution in [1.82, 2.24) is 0 Å². The molecule has 0 aliphatic heterocycles. The minimum atomic E-state index is -4.62. The Morgan fingerprint density at radius 3 is 2.50 bits per heavy atom. The van der Waals surface area contributed by atoms with E-state index in [0.717, 1.165) is 29.4 Å². The van der Waals surface area contributed by atoms with Crippen LogP contribution in [0, 0.1) is 10.1 Å². The molecule has 0 aromatic heterocycles. The van der Waals surface area contributed by atoms with E-state index in [2.05, 4.69) is 17.2 Å². The van der Waals surface area contributed by atoms with Crippen LogP contribution in [0.4, 0.5) is 17.1 Å². The van der Waals surface area contributed by atoms with E-state index in [4.69, 9.17) is 9.29 Å². The number of aromatic carboxylic acids is 1. The van der Waals surface area contributed by atoms with Gasteiger partial charge >= 0.3 is 5.97 Å². The molecule has 0 aliphatic rings. The van der Waals surface area contributed by atoms with Crippen LogP contribution in [-0.4, -0.2) is 42.8 Å². The highest BCUT2D eigenvalue weighted by Crippen LogP contribution is 2.32. The molecule has 0 amide bonds. The van der Waals surface area contributed by atoms with Crippen LogP contribution in [-0.2, 0) is 10.1 Å². The van der Waals surface area contributed by atoms with E-state index in [1.165, 1.54) is 19.2 Å². The lowest BCUT2D eigenvalue weighted by atomic mass is 10.2. The van der Waals surface area contributed by atoms with Gasteiger partial charge in [-0.25, -0.2) is 4.79 Å². The Kier molecular flexibility index (Phi) is 5.81. The van der Waals surface area contributed by atoms with Gasteiger partial charge in [-0.05, 0) is 24.3 Å². The third-order valence-corrected chi connectivity index (χ3v) is 4.34. The Balaban J connectivity index is 2.50. The second kappa shape index (κ2) is 7.89. The monoisotopic (exact) mass is 410 g/mol. The molecule has 0 aliphatic carbocycles. The van der Waals surface area contributed by atoms with E-state index in [1.807, 2.05) is 0 Å². The van der Waals surface area contributed by atoms with Crippen molar-refractivity contribution in [1.29, 1.82) is 0 Å². The number of hydrogen-bond acceptors (Lipinski definition) is 9. The van der Waals surface area contributed by atoms with E-state index < -0.39 is 31.5 Å². The van der Waals surface area contributed by atoms with Crippen LogP contribution >= 0.6 is 0 Å². The second-order valence-electron chi connectivity index (χ2n) is 5.17. The molecule has 12 nitrogen and oxygen atoms in total.